The van der Waals surface area contributed by atoms with Crippen molar-refractivity contribution in [3.63, 3.8) is 0 Å². The first kappa shape index (κ1) is 13.4. The third-order valence-electron chi connectivity index (χ3n) is 3.14. The van der Waals surface area contributed by atoms with Crippen molar-refractivity contribution in [3.8, 4) is 5.75 Å². The fourth-order valence-electron chi connectivity index (χ4n) is 2.11. The third-order valence-corrected chi connectivity index (χ3v) is 3.14. The molecule has 1 unspecified atom stereocenters. The minimum Gasteiger partial charge on any atom is -0.508 e. The second-order valence-electron chi connectivity index (χ2n) is 4.79. The number of hydrogen-bond acceptors (Lipinski definition) is 3. The Hall–Kier alpha value is -2.00. The van der Waals surface area contributed by atoms with Crippen LogP contribution in [0.1, 0.15) is 29.7 Å². The minimum absolute atomic E-state index is 0.00570. The zero-order valence-electron chi connectivity index (χ0n) is 11.2. The zero-order valence-corrected chi connectivity index (χ0v) is 11.2. The lowest BCUT2D eigenvalue weighted by molar-refractivity contribution is 0.282. The molecule has 2 aromatic rings. The van der Waals surface area contributed by atoms with Crippen molar-refractivity contribution in [2.75, 3.05) is 5.32 Å². The molecule has 1 atom stereocenters. The zero-order chi connectivity index (χ0) is 13.8. The molecular formula is C16H19NO2. The highest BCUT2D eigenvalue weighted by atomic mass is 16.3. The summed E-state index contributed by atoms with van der Waals surface area (Å²) >= 11 is 0. The summed E-state index contributed by atoms with van der Waals surface area (Å²) < 4.78 is 0. The number of aliphatic hydroxyl groups is 1. The van der Waals surface area contributed by atoms with Gasteiger partial charge >= 0.3 is 0 Å². The normalized spacial score (nSPS) is 12.2. The smallest absolute Gasteiger partial charge is 0.120 e. The van der Waals surface area contributed by atoms with Gasteiger partial charge in [-0.2, -0.15) is 0 Å². The van der Waals surface area contributed by atoms with Crippen LogP contribution in [0.3, 0.4) is 0 Å². The van der Waals surface area contributed by atoms with E-state index in [-0.39, 0.29) is 12.6 Å². The van der Waals surface area contributed by atoms with Gasteiger partial charge in [0.15, 0.2) is 0 Å². The van der Waals surface area contributed by atoms with Gasteiger partial charge in [-0.25, -0.2) is 0 Å². The maximum atomic E-state index is 9.90. The molecule has 0 saturated carbocycles. The molecule has 0 fully saturated rings. The monoisotopic (exact) mass is 257 g/mol. The molecular weight excluding hydrogens is 238 g/mol. The quantitative estimate of drug-likeness (QED) is 0.787. The van der Waals surface area contributed by atoms with Crippen LogP contribution in [0.2, 0.25) is 0 Å². The van der Waals surface area contributed by atoms with Crippen molar-refractivity contribution in [2.24, 2.45) is 0 Å². The highest BCUT2D eigenvalue weighted by Gasteiger charge is 2.10. The van der Waals surface area contributed by atoms with E-state index in [1.807, 2.05) is 50.2 Å². The third kappa shape index (κ3) is 3.26. The lowest BCUT2D eigenvalue weighted by Gasteiger charge is -2.18. The minimum atomic E-state index is -0.00570. The van der Waals surface area contributed by atoms with Crippen LogP contribution in [0, 0.1) is 6.92 Å². The van der Waals surface area contributed by atoms with Gasteiger partial charge in [-0.3, -0.25) is 0 Å². The molecule has 0 aromatic heterocycles. The molecule has 0 aliphatic carbocycles. The van der Waals surface area contributed by atoms with E-state index in [0.29, 0.717) is 5.75 Å². The number of anilines is 1. The first-order chi connectivity index (χ1) is 9.10. The number of hydrogen-bond donors (Lipinski definition) is 3. The molecule has 0 radical (unpaired) electrons. The number of aromatic hydroxyl groups is 1. The molecule has 0 heterocycles. The van der Waals surface area contributed by atoms with Crippen molar-refractivity contribution in [2.45, 2.75) is 26.5 Å². The summed E-state index contributed by atoms with van der Waals surface area (Å²) in [5.74, 6) is 0.295. The van der Waals surface area contributed by atoms with E-state index in [4.69, 9.17) is 5.11 Å². The predicted molar refractivity (Wildman–Crippen MR) is 77.2 cm³/mol. The average Bonchev–Trinajstić information content (AvgIpc) is 2.41. The number of nitrogens with one attached hydrogen (secondary N) is 1. The lowest BCUT2D eigenvalue weighted by atomic mass is 10.0. The number of rotatable bonds is 4. The number of aryl methyl sites for hydroxylation is 1. The van der Waals surface area contributed by atoms with Crippen LogP contribution >= 0.6 is 0 Å². The molecule has 3 nitrogen and oxygen atoms in total. The fourth-order valence-corrected chi connectivity index (χ4v) is 2.11. The largest absolute Gasteiger partial charge is 0.508 e. The molecule has 19 heavy (non-hydrogen) atoms. The molecule has 2 aromatic carbocycles. The van der Waals surface area contributed by atoms with Crippen molar-refractivity contribution < 1.29 is 10.2 Å². The molecule has 2 rings (SSSR count). The van der Waals surface area contributed by atoms with Gasteiger partial charge in [-0.05, 0) is 37.6 Å². The van der Waals surface area contributed by atoms with Crippen molar-refractivity contribution in [1.82, 2.24) is 0 Å². The Balaban J connectivity index is 2.20. The molecule has 3 heteroatoms. The molecule has 0 aliphatic heterocycles. The van der Waals surface area contributed by atoms with Gasteiger partial charge in [0, 0.05) is 11.3 Å². The molecule has 0 aliphatic rings. The van der Waals surface area contributed by atoms with Crippen molar-refractivity contribution >= 4 is 5.69 Å². The highest BCUT2D eigenvalue weighted by Crippen LogP contribution is 2.28. The van der Waals surface area contributed by atoms with Gasteiger partial charge in [0.25, 0.3) is 0 Å². The number of phenolic OH excluding ortho intramolecular Hbond substituents is 1. The van der Waals surface area contributed by atoms with Gasteiger partial charge < -0.3 is 15.5 Å². The second-order valence-corrected chi connectivity index (χ2v) is 4.79. The maximum absolute atomic E-state index is 9.90. The summed E-state index contributed by atoms with van der Waals surface area (Å²) in [6.45, 7) is 4.03. The molecule has 3 N–H and O–H groups in total. The summed E-state index contributed by atoms with van der Waals surface area (Å²) in [5.41, 5.74) is 3.78. The van der Waals surface area contributed by atoms with Crippen LogP contribution in [0.25, 0.3) is 0 Å². The van der Waals surface area contributed by atoms with E-state index in [0.717, 1.165) is 22.4 Å². The Labute approximate surface area is 113 Å². The maximum Gasteiger partial charge on any atom is 0.120 e. The summed E-state index contributed by atoms with van der Waals surface area (Å²) in [4.78, 5) is 0. The van der Waals surface area contributed by atoms with Gasteiger partial charge in [0.2, 0.25) is 0 Å². The van der Waals surface area contributed by atoms with Gasteiger partial charge in [0.05, 0.1) is 12.6 Å². The van der Waals surface area contributed by atoms with Crippen molar-refractivity contribution in [3.05, 3.63) is 59.2 Å². The van der Waals surface area contributed by atoms with Crippen LogP contribution in [-0.2, 0) is 6.61 Å². The van der Waals surface area contributed by atoms with Crippen LogP contribution in [0.15, 0.2) is 42.5 Å². The number of phenols is 1. The van der Waals surface area contributed by atoms with Gasteiger partial charge in [-0.1, -0.05) is 29.8 Å². The topological polar surface area (TPSA) is 52.5 Å². The Morgan fingerprint density at radius 3 is 2.68 bits per heavy atom. The Kier molecular flexibility index (Phi) is 4.07. The average molecular weight is 257 g/mol. The summed E-state index contributed by atoms with van der Waals surface area (Å²) in [6, 6.07) is 13.2. The van der Waals surface area contributed by atoms with Gasteiger partial charge in [0.1, 0.15) is 5.75 Å². The Bertz CT molecular complexity index is 566. The Morgan fingerprint density at radius 2 is 1.95 bits per heavy atom. The lowest BCUT2D eigenvalue weighted by Crippen LogP contribution is -2.07. The highest BCUT2D eigenvalue weighted by molar-refractivity contribution is 5.49. The van der Waals surface area contributed by atoms with Crippen LogP contribution in [-0.4, -0.2) is 10.2 Å². The van der Waals surface area contributed by atoms with Crippen LogP contribution in [0.5, 0.6) is 5.75 Å². The molecule has 0 bridgehead atoms. The van der Waals surface area contributed by atoms with E-state index in [9.17, 15) is 5.11 Å². The van der Waals surface area contributed by atoms with E-state index in [1.54, 1.807) is 6.07 Å². The predicted octanol–water partition coefficient (Wildman–Crippen LogP) is 3.37. The number of benzene rings is 2. The van der Waals surface area contributed by atoms with Gasteiger partial charge in [-0.15, -0.1) is 0 Å². The van der Waals surface area contributed by atoms with E-state index in [1.165, 1.54) is 0 Å². The Morgan fingerprint density at radius 1 is 1.16 bits per heavy atom. The molecule has 0 spiro atoms. The standard InChI is InChI=1S/C16H19NO2/c1-11-6-7-16(19)15(8-11)12(2)17-14-5-3-4-13(9-14)10-18/h3-9,12,17-19H,10H2,1-2H3. The van der Waals surface area contributed by atoms with E-state index in [2.05, 4.69) is 5.32 Å². The van der Waals surface area contributed by atoms with E-state index >= 15 is 0 Å². The van der Waals surface area contributed by atoms with Crippen LogP contribution in [0.4, 0.5) is 5.69 Å². The first-order valence-corrected chi connectivity index (χ1v) is 6.36. The van der Waals surface area contributed by atoms with Crippen LogP contribution < -0.4 is 5.32 Å². The number of aliphatic hydroxyl groups excluding tert-OH is 1. The summed E-state index contributed by atoms with van der Waals surface area (Å²) in [7, 11) is 0. The molecule has 0 amide bonds. The fraction of sp³-hybridized carbons (Fsp3) is 0.250. The molecule has 100 valence electrons. The summed E-state index contributed by atoms with van der Waals surface area (Å²) in [6.07, 6.45) is 0. The molecule has 0 saturated heterocycles. The second kappa shape index (κ2) is 5.76. The van der Waals surface area contributed by atoms with E-state index < -0.39 is 0 Å². The van der Waals surface area contributed by atoms with Crippen molar-refractivity contribution in [1.29, 1.82) is 0 Å². The first-order valence-electron chi connectivity index (χ1n) is 6.36. The summed E-state index contributed by atoms with van der Waals surface area (Å²) in [5, 5.41) is 22.4. The SMILES string of the molecule is Cc1ccc(O)c(C(C)Nc2cccc(CO)c2)c1.